The third-order valence-electron chi connectivity index (χ3n) is 6.34. The van der Waals surface area contributed by atoms with E-state index in [1.807, 2.05) is 84.9 Å². The van der Waals surface area contributed by atoms with Gasteiger partial charge in [0.05, 0.1) is 17.0 Å². The van der Waals surface area contributed by atoms with Gasteiger partial charge >= 0.3 is 0 Å². The fraction of sp³-hybridized carbons (Fsp3) is 0. The smallest absolute Gasteiger partial charge is 0.270 e. The molecule has 0 atom stereocenters. The molecule has 0 spiro atoms. The average molecular weight is 554 g/mol. The number of fused-ring (bicyclic) bond motifs is 3. The third kappa shape index (κ3) is 3.60. The van der Waals surface area contributed by atoms with Gasteiger partial charge in [-0.3, -0.25) is 19.7 Å². The second-order valence-corrected chi connectivity index (χ2v) is 9.77. The summed E-state index contributed by atoms with van der Waals surface area (Å²) in [5.74, 6) is -0.375. The minimum absolute atomic E-state index is 0.0838. The van der Waals surface area contributed by atoms with Crippen LogP contribution in [0.4, 0.5) is 0 Å². The number of carbonyl (C=O) groups is 2. The van der Waals surface area contributed by atoms with Gasteiger partial charge in [-0.25, -0.2) is 0 Å². The van der Waals surface area contributed by atoms with E-state index in [9.17, 15) is 9.59 Å². The standard InChI is InChI=1S/C30H18BrClN2O2/c31-20-16-14-18(15-17-20)25-26-27(21-10-4-5-11-22(21)29(26)35)34(28(25)23-12-6-7-13-24(23)32)33-30(36)19-8-2-1-3-9-19/h1-17H,(H,33,36). The topological polar surface area (TPSA) is 51.1 Å². The molecule has 0 saturated carbocycles. The van der Waals surface area contributed by atoms with Gasteiger partial charge in [0, 0.05) is 37.3 Å². The summed E-state index contributed by atoms with van der Waals surface area (Å²) in [6.45, 7) is 0. The molecule has 1 heterocycles. The number of amides is 1. The summed E-state index contributed by atoms with van der Waals surface area (Å²) in [6, 6.07) is 31.7. The van der Waals surface area contributed by atoms with Crippen molar-refractivity contribution < 1.29 is 9.59 Å². The molecule has 36 heavy (non-hydrogen) atoms. The van der Waals surface area contributed by atoms with E-state index in [-0.39, 0.29) is 11.7 Å². The Hall–Kier alpha value is -3.93. The van der Waals surface area contributed by atoms with Gasteiger partial charge < -0.3 is 0 Å². The van der Waals surface area contributed by atoms with Gasteiger partial charge in [0.15, 0.2) is 5.78 Å². The lowest BCUT2D eigenvalue weighted by Gasteiger charge is -2.17. The Labute approximate surface area is 221 Å². The molecule has 1 aliphatic rings. The molecule has 5 aromatic rings. The van der Waals surface area contributed by atoms with Gasteiger partial charge in [0.2, 0.25) is 0 Å². The van der Waals surface area contributed by atoms with E-state index in [2.05, 4.69) is 21.4 Å². The highest BCUT2D eigenvalue weighted by Gasteiger charge is 2.38. The number of aromatic nitrogens is 1. The number of halogens is 2. The summed E-state index contributed by atoms with van der Waals surface area (Å²) in [5, 5.41) is 0.517. The van der Waals surface area contributed by atoms with Crippen LogP contribution in [0, 0.1) is 0 Å². The van der Waals surface area contributed by atoms with E-state index in [0.717, 1.165) is 21.2 Å². The first-order chi connectivity index (χ1) is 17.5. The maximum Gasteiger partial charge on any atom is 0.270 e. The van der Waals surface area contributed by atoms with Gasteiger partial charge in [-0.15, -0.1) is 0 Å². The molecule has 0 radical (unpaired) electrons. The number of hydrogen-bond acceptors (Lipinski definition) is 2. The zero-order chi connectivity index (χ0) is 24.8. The Morgan fingerprint density at radius 2 is 1.28 bits per heavy atom. The van der Waals surface area contributed by atoms with E-state index in [4.69, 9.17) is 11.6 Å². The highest BCUT2D eigenvalue weighted by Crippen LogP contribution is 2.49. The Bertz CT molecular complexity index is 1660. The maximum absolute atomic E-state index is 13.8. The number of nitrogens with zero attached hydrogens (tertiary/aromatic N) is 1. The molecule has 1 amide bonds. The molecule has 4 nitrogen and oxygen atoms in total. The van der Waals surface area contributed by atoms with Crippen molar-refractivity contribution in [2.45, 2.75) is 0 Å². The van der Waals surface area contributed by atoms with Crippen LogP contribution in [-0.4, -0.2) is 16.4 Å². The van der Waals surface area contributed by atoms with Gasteiger partial charge in [-0.05, 0) is 35.9 Å². The largest absolute Gasteiger partial charge is 0.288 e. The minimum Gasteiger partial charge on any atom is -0.288 e. The van der Waals surface area contributed by atoms with E-state index in [1.165, 1.54) is 0 Å². The van der Waals surface area contributed by atoms with Gasteiger partial charge in [-0.2, -0.15) is 0 Å². The Balaban J connectivity index is 1.70. The summed E-state index contributed by atoms with van der Waals surface area (Å²) >= 11 is 10.2. The summed E-state index contributed by atoms with van der Waals surface area (Å²) in [7, 11) is 0. The van der Waals surface area contributed by atoms with Gasteiger partial charge in [0.1, 0.15) is 0 Å². The average Bonchev–Trinajstić information content (AvgIpc) is 3.38. The van der Waals surface area contributed by atoms with E-state index >= 15 is 0 Å². The molecule has 1 N–H and O–H groups in total. The molecule has 0 aliphatic heterocycles. The number of carbonyl (C=O) groups excluding carboxylic acids is 2. The fourth-order valence-corrected chi connectivity index (χ4v) is 5.23. The lowest BCUT2D eigenvalue weighted by molar-refractivity contribution is 0.101. The van der Waals surface area contributed by atoms with Crippen molar-refractivity contribution in [3.8, 4) is 33.6 Å². The lowest BCUT2D eigenvalue weighted by Crippen LogP contribution is -2.24. The van der Waals surface area contributed by atoms with Crippen molar-refractivity contribution in [1.82, 2.24) is 4.68 Å². The van der Waals surface area contributed by atoms with Crippen LogP contribution in [0.5, 0.6) is 0 Å². The molecule has 0 unspecified atom stereocenters. The second-order valence-electron chi connectivity index (χ2n) is 8.45. The van der Waals surface area contributed by atoms with Crippen LogP contribution in [0.3, 0.4) is 0 Å². The van der Waals surface area contributed by atoms with Crippen molar-refractivity contribution >= 4 is 39.2 Å². The zero-order valence-electron chi connectivity index (χ0n) is 18.8. The van der Waals surface area contributed by atoms with Crippen molar-refractivity contribution in [3.05, 3.63) is 129 Å². The second kappa shape index (κ2) is 8.94. The van der Waals surface area contributed by atoms with Crippen molar-refractivity contribution in [2.24, 2.45) is 0 Å². The molecular formula is C30H18BrClN2O2. The van der Waals surface area contributed by atoms with Gasteiger partial charge in [-0.1, -0.05) is 100 Å². The van der Waals surface area contributed by atoms with Crippen LogP contribution in [0.2, 0.25) is 5.02 Å². The van der Waals surface area contributed by atoms with E-state index in [0.29, 0.717) is 38.7 Å². The monoisotopic (exact) mass is 552 g/mol. The van der Waals surface area contributed by atoms with E-state index < -0.39 is 0 Å². The Morgan fingerprint density at radius 1 is 0.694 bits per heavy atom. The Morgan fingerprint density at radius 3 is 1.97 bits per heavy atom. The molecule has 1 aliphatic carbocycles. The van der Waals surface area contributed by atoms with Crippen LogP contribution in [0.1, 0.15) is 26.3 Å². The maximum atomic E-state index is 13.8. The highest BCUT2D eigenvalue weighted by atomic mass is 79.9. The fourth-order valence-electron chi connectivity index (χ4n) is 4.74. The van der Waals surface area contributed by atoms with Crippen LogP contribution in [0.15, 0.2) is 108 Å². The molecule has 4 aromatic carbocycles. The first-order valence-corrected chi connectivity index (χ1v) is 12.5. The summed E-state index contributed by atoms with van der Waals surface area (Å²) in [6.07, 6.45) is 0. The van der Waals surface area contributed by atoms with Crippen molar-refractivity contribution in [3.63, 3.8) is 0 Å². The lowest BCUT2D eigenvalue weighted by atomic mass is 9.95. The predicted octanol–water partition coefficient (Wildman–Crippen LogP) is 7.83. The predicted molar refractivity (Wildman–Crippen MR) is 147 cm³/mol. The summed E-state index contributed by atoms with van der Waals surface area (Å²) in [4.78, 5) is 27.2. The number of nitrogens with one attached hydrogen (secondary N) is 1. The zero-order valence-corrected chi connectivity index (χ0v) is 21.2. The summed E-state index contributed by atoms with van der Waals surface area (Å²) < 4.78 is 2.65. The molecule has 6 rings (SSSR count). The minimum atomic E-state index is -0.291. The number of hydrogen-bond donors (Lipinski definition) is 1. The van der Waals surface area contributed by atoms with Crippen molar-refractivity contribution in [2.75, 3.05) is 5.43 Å². The van der Waals surface area contributed by atoms with Crippen LogP contribution < -0.4 is 5.43 Å². The molecule has 0 saturated heterocycles. The number of rotatable bonds is 4. The SMILES string of the molecule is O=C(Nn1c2c(c(-c3ccc(Br)cc3)c1-c1ccccc1Cl)C(=O)c1ccccc1-2)c1ccccc1. The first-order valence-electron chi connectivity index (χ1n) is 11.3. The van der Waals surface area contributed by atoms with Crippen molar-refractivity contribution in [1.29, 1.82) is 0 Å². The highest BCUT2D eigenvalue weighted by molar-refractivity contribution is 9.10. The van der Waals surface area contributed by atoms with Crippen LogP contribution in [0.25, 0.3) is 33.6 Å². The van der Waals surface area contributed by atoms with Crippen LogP contribution in [-0.2, 0) is 0 Å². The number of ketones is 1. The molecule has 0 bridgehead atoms. The van der Waals surface area contributed by atoms with Gasteiger partial charge in [0.25, 0.3) is 5.91 Å². The summed E-state index contributed by atoms with van der Waals surface area (Å²) in [5.41, 5.74) is 9.08. The Kier molecular flexibility index (Phi) is 5.59. The first kappa shape index (κ1) is 22.5. The molecule has 1 aromatic heterocycles. The van der Waals surface area contributed by atoms with E-state index in [1.54, 1.807) is 22.9 Å². The molecule has 174 valence electrons. The number of benzene rings is 4. The van der Waals surface area contributed by atoms with Crippen LogP contribution >= 0.6 is 27.5 Å². The molecular weight excluding hydrogens is 536 g/mol. The molecule has 6 heteroatoms. The third-order valence-corrected chi connectivity index (χ3v) is 7.19. The molecule has 0 fully saturated rings. The quantitative estimate of drug-likeness (QED) is 0.242. The normalized spacial score (nSPS) is 11.8.